The van der Waals surface area contributed by atoms with Crippen LogP contribution in [0.2, 0.25) is 0 Å². The maximum Gasteiger partial charge on any atom is 0.139 e. The Balaban J connectivity index is 2.25. The number of aryl methyl sites for hydroxylation is 1. The van der Waals surface area contributed by atoms with E-state index in [9.17, 15) is 4.39 Å². The molecule has 0 spiro atoms. The number of fused-ring (bicyclic) bond motifs is 1. The summed E-state index contributed by atoms with van der Waals surface area (Å²) in [6.07, 6.45) is 1.84. The highest BCUT2D eigenvalue weighted by Gasteiger charge is 2.11. The zero-order valence-corrected chi connectivity index (χ0v) is 9.89. The first-order valence-corrected chi connectivity index (χ1v) is 5.66. The highest BCUT2D eigenvalue weighted by Crippen LogP contribution is 2.27. The molecule has 2 aromatic heterocycles. The number of hydrogen-bond donors (Lipinski definition) is 1. The Morgan fingerprint density at radius 2 is 2.06 bits per heavy atom. The monoisotopic (exact) mass is 241 g/mol. The number of pyridine rings is 1. The van der Waals surface area contributed by atoms with Gasteiger partial charge in [0.1, 0.15) is 23.0 Å². The van der Waals surface area contributed by atoms with Gasteiger partial charge in [0.2, 0.25) is 0 Å². The van der Waals surface area contributed by atoms with Crippen molar-refractivity contribution >= 4 is 11.5 Å². The number of benzene rings is 1. The molecule has 0 amide bonds. The van der Waals surface area contributed by atoms with Crippen LogP contribution < -0.4 is 5.73 Å². The lowest BCUT2D eigenvalue weighted by atomic mass is 10.1. The topological polar surface area (TPSA) is 43.3 Å². The highest BCUT2D eigenvalue weighted by atomic mass is 19.1. The minimum absolute atomic E-state index is 0.246. The fourth-order valence-electron chi connectivity index (χ4n) is 1.97. The smallest absolute Gasteiger partial charge is 0.139 e. The number of anilines is 1. The molecule has 2 heterocycles. The summed E-state index contributed by atoms with van der Waals surface area (Å²) in [5.74, 6) is 0.276. The van der Waals surface area contributed by atoms with Gasteiger partial charge in [-0.3, -0.25) is 4.40 Å². The molecule has 4 heteroatoms. The summed E-state index contributed by atoms with van der Waals surface area (Å²) in [7, 11) is 0. The summed E-state index contributed by atoms with van der Waals surface area (Å²) >= 11 is 0. The molecule has 2 N–H and O–H groups in total. The van der Waals surface area contributed by atoms with Crippen LogP contribution >= 0.6 is 0 Å². The molecule has 0 saturated heterocycles. The van der Waals surface area contributed by atoms with Crippen molar-refractivity contribution < 1.29 is 4.39 Å². The third-order valence-electron chi connectivity index (χ3n) is 3.01. The number of rotatable bonds is 1. The predicted molar refractivity (Wildman–Crippen MR) is 69.7 cm³/mol. The molecule has 3 nitrogen and oxygen atoms in total. The van der Waals surface area contributed by atoms with Crippen molar-refractivity contribution in [3.63, 3.8) is 0 Å². The molecule has 1 aromatic carbocycles. The van der Waals surface area contributed by atoms with Gasteiger partial charge < -0.3 is 5.73 Å². The Kier molecular flexibility index (Phi) is 2.30. The fourth-order valence-corrected chi connectivity index (χ4v) is 1.97. The maximum absolute atomic E-state index is 13.6. The van der Waals surface area contributed by atoms with Gasteiger partial charge in [-0.15, -0.1) is 0 Å². The summed E-state index contributed by atoms with van der Waals surface area (Å²) < 4.78 is 15.4. The molecule has 0 aliphatic carbocycles. The summed E-state index contributed by atoms with van der Waals surface area (Å²) in [4.78, 5) is 4.42. The van der Waals surface area contributed by atoms with Gasteiger partial charge in [0.05, 0.1) is 0 Å². The zero-order valence-electron chi connectivity index (χ0n) is 9.89. The van der Waals surface area contributed by atoms with Crippen LogP contribution in [0, 0.1) is 12.7 Å². The second-order valence-electron chi connectivity index (χ2n) is 4.24. The van der Waals surface area contributed by atoms with Gasteiger partial charge in [0.15, 0.2) is 0 Å². The van der Waals surface area contributed by atoms with Gasteiger partial charge in [0, 0.05) is 11.8 Å². The SMILES string of the molecule is Cc1ccc(-c2nc3ccccn3c2N)cc1F. The standard InChI is InChI=1S/C14H12FN3/c1-9-5-6-10(8-11(9)15)13-14(16)18-7-3-2-4-12(18)17-13/h2-8H,16H2,1H3. The van der Waals surface area contributed by atoms with Gasteiger partial charge in [0.25, 0.3) is 0 Å². The van der Waals surface area contributed by atoms with E-state index in [4.69, 9.17) is 5.73 Å². The Labute approximate surface area is 104 Å². The molecule has 3 rings (SSSR count). The van der Waals surface area contributed by atoms with Gasteiger partial charge in [-0.05, 0) is 30.7 Å². The van der Waals surface area contributed by atoms with E-state index in [-0.39, 0.29) is 5.82 Å². The normalized spacial score (nSPS) is 11.0. The van der Waals surface area contributed by atoms with Crippen LogP contribution in [0.15, 0.2) is 42.6 Å². The van der Waals surface area contributed by atoms with E-state index in [2.05, 4.69) is 4.98 Å². The Morgan fingerprint density at radius 1 is 1.22 bits per heavy atom. The van der Waals surface area contributed by atoms with E-state index in [0.717, 1.165) is 5.65 Å². The zero-order chi connectivity index (χ0) is 12.7. The first kappa shape index (κ1) is 10.8. The largest absolute Gasteiger partial charge is 0.383 e. The minimum atomic E-state index is -0.246. The van der Waals surface area contributed by atoms with Gasteiger partial charge >= 0.3 is 0 Å². The molecule has 0 radical (unpaired) electrons. The Morgan fingerprint density at radius 3 is 2.78 bits per heavy atom. The average molecular weight is 241 g/mol. The van der Waals surface area contributed by atoms with E-state index in [1.807, 2.05) is 30.5 Å². The van der Waals surface area contributed by atoms with Crippen molar-refractivity contribution in [2.24, 2.45) is 0 Å². The molecule has 0 saturated carbocycles. The highest BCUT2D eigenvalue weighted by molar-refractivity contribution is 5.75. The molecular weight excluding hydrogens is 229 g/mol. The van der Waals surface area contributed by atoms with E-state index in [0.29, 0.717) is 22.6 Å². The van der Waals surface area contributed by atoms with Crippen molar-refractivity contribution in [1.29, 1.82) is 0 Å². The lowest BCUT2D eigenvalue weighted by molar-refractivity contribution is 0.619. The van der Waals surface area contributed by atoms with Crippen LogP contribution in [0.4, 0.5) is 10.2 Å². The average Bonchev–Trinajstić information content (AvgIpc) is 2.71. The van der Waals surface area contributed by atoms with E-state index in [1.54, 1.807) is 17.4 Å². The quantitative estimate of drug-likeness (QED) is 0.711. The van der Waals surface area contributed by atoms with Crippen LogP contribution in [-0.4, -0.2) is 9.38 Å². The second-order valence-corrected chi connectivity index (χ2v) is 4.24. The fraction of sp³-hybridized carbons (Fsp3) is 0.0714. The summed E-state index contributed by atoms with van der Waals surface area (Å²) in [5.41, 5.74) is 8.71. The van der Waals surface area contributed by atoms with Crippen LogP contribution in [0.25, 0.3) is 16.9 Å². The number of imidazole rings is 1. The van der Waals surface area contributed by atoms with Crippen LogP contribution in [0.1, 0.15) is 5.56 Å². The van der Waals surface area contributed by atoms with Crippen LogP contribution in [-0.2, 0) is 0 Å². The maximum atomic E-state index is 13.6. The lowest BCUT2D eigenvalue weighted by Gasteiger charge is -2.01. The van der Waals surface area contributed by atoms with Crippen LogP contribution in [0.5, 0.6) is 0 Å². The number of hydrogen-bond acceptors (Lipinski definition) is 2. The van der Waals surface area contributed by atoms with Crippen LogP contribution in [0.3, 0.4) is 0 Å². The van der Waals surface area contributed by atoms with Crippen molar-refractivity contribution in [2.75, 3.05) is 5.73 Å². The second kappa shape index (κ2) is 3.84. The number of nitrogen functional groups attached to an aromatic ring is 1. The molecule has 3 aromatic rings. The van der Waals surface area contributed by atoms with Crippen molar-refractivity contribution in [1.82, 2.24) is 9.38 Å². The predicted octanol–water partition coefficient (Wildman–Crippen LogP) is 3.03. The minimum Gasteiger partial charge on any atom is -0.383 e. The lowest BCUT2D eigenvalue weighted by Crippen LogP contribution is -1.94. The molecule has 90 valence electrons. The van der Waals surface area contributed by atoms with Gasteiger partial charge in [-0.1, -0.05) is 18.2 Å². The Hall–Kier alpha value is -2.36. The third-order valence-corrected chi connectivity index (χ3v) is 3.01. The van der Waals surface area contributed by atoms with Gasteiger partial charge in [-0.2, -0.15) is 0 Å². The van der Waals surface area contributed by atoms with E-state index < -0.39 is 0 Å². The summed E-state index contributed by atoms with van der Waals surface area (Å²) in [6, 6.07) is 10.7. The molecule has 0 bridgehead atoms. The molecule has 0 aliphatic rings. The van der Waals surface area contributed by atoms with Crippen molar-refractivity contribution in [3.05, 3.63) is 54.0 Å². The Bertz CT molecular complexity index is 731. The molecule has 18 heavy (non-hydrogen) atoms. The molecule has 0 fully saturated rings. The molecular formula is C14H12FN3. The number of nitrogens with two attached hydrogens (primary N) is 1. The number of halogens is 1. The first-order chi connectivity index (χ1) is 8.66. The number of nitrogens with zero attached hydrogens (tertiary/aromatic N) is 2. The third kappa shape index (κ3) is 1.54. The van der Waals surface area contributed by atoms with E-state index >= 15 is 0 Å². The van der Waals surface area contributed by atoms with Gasteiger partial charge in [-0.25, -0.2) is 9.37 Å². The van der Waals surface area contributed by atoms with E-state index in [1.165, 1.54) is 6.07 Å². The van der Waals surface area contributed by atoms with Crippen molar-refractivity contribution in [3.8, 4) is 11.3 Å². The summed E-state index contributed by atoms with van der Waals surface area (Å²) in [5, 5.41) is 0. The first-order valence-electron chi connectivity index (χ1n) is 5.66. The van der Waals surface area contributed by atoms with Crippen molar-refractivity contribution in [2.45, 2.75) is 6.92 Å². The molecule has 0 atom stereocenters. The number of aromatic nitrogens is 2. The summed E-state index contributed by atoms with van der Waals surface area (Å²) in [6.45, 7) is 1.73. The molecule has 0 unspecified atom stereocenters. The molecule has 0 aliphatic heterocycles.